The molecule has 0 atom stereocenters. The third-order valence-electron chi connectivity index (χ3n) is 2.04. The van der Waals surface area contributed by atoms with Crippen molar-refractivity contribution in [2.75, 3.05) is 0 Å². The van der Waals surface area contributed by atoms with Gasteiger partial charge in [-0.15, -0.1) is 0 Å². The van der Waals surface area contributed by atoms with Crippen LogP contribution in [0.2, 0.25) is 20.1 Å². The minimum absolute atomic E-state index is 0.361. The lowest BCUT2D eigenvalue weighted by molar-refractivity contribution is 0.483. The largest absolute Gasteiger partial charge is 0.456 e. The van der Waals surface area contributed by atoms with Gasteiger partial charge in [-0.2, -0.15) is 0 Å². The van der Waals surface area contributed by atoms with E-state index in [0.717, 1.165) is 0 Å². The summed E-state index contributed by atoms with van der Waals surface area (Å²) in [4.78, 5) is 0. The molecule has 0 aliphatic rings. The summed E-state index contributed by atoms with van der Waals surface area (Å²) in [6, 6.07) is 10.1. The highest BCUT2D eigenvalue weighted by atomic mass is 35.5. The summed E-state index contributed by atoms with van der Waals surface area (Å²) >= 11 is 23.6. The Balaban J connectivity index is 2.31. The molecule has 0 radical (unpaired) electrons. The first-order valence-electron chi connectivity index (χ1n) is 4.65. The molecule has 0 N–H and O–H groups in total. The zero-order valence-electron chi connectivity index (χ0n) is 8.38. The SMILES string of the molecule is Clc1ccc(Oc2cccc(Cl)c2Cl)cc1Cl. The van der Waals surface area contributed by atoms with Crippen molar-refractivity contribution < 1.29 is 4.74 Å². The monoisotopic (exact) mass is 306 g/mol. The molecule has 88 valence electrons. The molecule has 5 heteroatoms. The average molecular weight is 308 g/mol. The van der Waals surface area contributed by atoms with E-state index in [1.54, 1.807) is 36.4 Å². The van der Waals surface area contributed by atoms with Crippen LogP contribution in [0.15, 0.2) is 36.4 Å². The van der Waals surface area contributed by atoms with Crippen LogP contribution in [0, 0.1) is 0 Å². The van der Waals surface area contributed by atoms with E-state index in [2.05, 4.69) is 0 Å². The molecule has 0 aromatic heterocycles. The van der Waals surface area contributed by atoms with E-state index in [1.807, 2.05) is 0 Å². The predicted molar refractivity (Wildman–Crippen MR) is 73.0 cm³/mol. The molecular formula is C12H6Cl4O. The standard InChI is InChI=1S/C12H6Cl4O/c13-8-5-4-7(6-10(8)15)17-11-3-1-2-9(14)12(11)16/h1-6H. The fourth-order valence-electron chi connectivity index (χ4n) is 1.23. The number of rotatable bonds is 2. The average Bonchev–Trinajstić information content (AvgIpc) is 2.30. The molecule has 2 aromatic rings. The minimum Gasteiger partial charge on any atom is -0.456 e. The van der Waals surface area contributed by atoms with Crippen molar-refractivity contribution in [3.8, 4) is 11.5 Å². The molecule has 1 nitrogen and oxygen atoms in total. The summed E-state index contributed by atoms with van der Waals surface area (Å²) in [5, 5.41) is 1.68. The van der Waals surface area contributed by atoms with Gasteiger partial charge in [0.15, 0.2) is 0 Å². The highest BCUT2D eigenvalue weighted by Crippen LogP contribution is 2.36. The Labute approximate surface area is 119 Å². The van der Waals surface area contributed by atoms with Gasteiger partial charge in [0, 0.05) is 6.07 Å². The Bertz CT molecular complexity index is 554. The molecule has 0 fully saturated rings. The van der Waals surface area contributed by atoms with Crippen molar-refractivity contribution in [1.82, 2.24) is 0 Å². The van der Waals surface area contributed by atoms with Crippen molar-refractivity contribution in [1.29, 1.82) is 0 Å². The van der Waals surface area contributed by atoms with Crippen molar-refractivity contribution in [2.45, 2.75) is 0 Å². The van der Waals surface area contributed by atoms with Crippen molar-refractivity contribution in [3.63, 3.8) is 0 Å². The van der Waals surface area contributed by atoms with Crippen LogP contribution < -0.4 is 4.74 Å². The third kappa shape index (κ3) is 2.99. The summed E-state index contributed by atoms with van der Waals surface area (Å²) in [5.74, 6) is 1.01. The number of hydrogen-bond donors (Lipinski definition) is 0. The molecule has 0 aliphatic heterocycles. The van der Waals surface area contributed by atoms with Crippen molar-refractivity contribution in [2.24, 2.45) is 0 Å². The fourth-order valence-corrected chi connectivity index (χ4v) is 1.85. The Hall–Kier alpha value is -0.600. The zero-order valence-corrected chi connectivity index (χ0v) is 11.4. The maximum absolute atomic E-state index is 6.00. The maximum atomic E-state index is 6.00. The first-order valence-corrected chi connectivity index (χ1v) is 6.16. The maximum Gasteiger partial charge on any atom is 0.147 e. The van der Waals surface area contributed by atoms with Gasteiger partial charge in [-0.25, -0.2) is 0 Å². The molecule has 17 heavy (non-hydrogen) atoms. The number of halogens is 4. The van der Waals surface area contributed by atoms with E-state index < -0.39 is 0 Å². The van der Waals surface area contributed by atoms with E-state index in [9.17, 15) is 0 Å². The second kappa shape index (κ2) is 5.36. The van der Waals surface area contributed by atoms with Crippen molar-refractivity contribution >= 4 is 46.4 Å². The van der Waals surface area contributed by atoms with Gasteiger partial charge in [0.25, 0.3) is 0 Å². The van der Waals surface area contributed by atoms with Gasteiger partial charge in [0.05, 0.1) is 15.1 Å². The van der Waals surface area contributed by atoms with Gasteiger partial charge in [0.2, 0.25) is 0 Å². The molecule has 0 spiro atoms. The highest BCUT2D eigenvalue weighted by molar-refractivity contribution is 6.43. The third-order valence-corrected chi connectivity index (χ3v) is 3.58. The second-order valence-corrected chi connectivity index (χ2v) is 4.83. The second-order valence-electron chi connectivity index (χ2n) is 3.23. The first-order chi connectivity index (χ1) is 8.08. The molecule has 2 rings (SSSR count). The van der Waals surface area contributed by atoms with E-state index in [4.69, 9.17) is 51.1 Å². The van der Waals surface area contributed by atoms with Gasteiger partial charge in [0.1, 0.15) is 16.5 Å². The first kappa shape index (κ1) is 12.8. The smallest absolute Gasteiger partial charge is 0.147 e. The Morgan fingerprint density at radius 3 is 2.24 bits per heavy atom. The Morgan fingerprint density at radius 1 is 0.765 bits per heavy atom. The van der Waals surface area contributed by atoms with Gasteiger partial charge in [-0.05, 0) is 24.3 Å². The van der Waals surface area contributed by atoms with Gasteiger partial charge >= 0.3 is 0 Å². The van der Waals surface area contributed by atoms with Crippen LogP contribution >= 0.6 is 46.4 Å². The molecule has 0 bridgehead atoms. The molecule has 0 aliphatic carbocycles. The molecule has 0 saturated carbocycles. The van der Waals surface area contributed by atoms with Crippen LogP contribution in [0.5, 0.6) is 11.5 Å². The van der Waals surface area contributed by atoms with Gasteiger partial charge < -0.3 is 4.74 Å². The summed E-state index contributed by atoms with van der Waals surface area (Å²) in [6.45, 7) is 0. The summed E-state index contributed by atoms with van der Waals surface area (Å²) in [6.07, 6.45) is 0. The zero-order chi connectivity index (χ0) is 12.4. The molecule has 0 heterocycles. The molecule has 0 saturated heterocycles. The summed E-state index contributed by atoms with van der Waals surface area (Å²) < 4.78 is 5.57. The van der Waals surface area contributed by atoms with Gasteiger partial charge in [-0.3, -0.25) is 0 Å². The lowest BCUT2D eigenvalue weighted by atomic mass is 10.3. The van der Waals surface area contributed by atoms with Gasteiger partial charge in [-0.1, -0.05) is 52.5 Å². The van der Waals surface area contributed by atoms with Crippen LogP contribution in [0.1, 0.15) is 0 Å². The lowest BCUT2D eigenvalue weighted by Crippen LogP contribution is -1.85. The molecule has 2 aromatic carbocycles. The fraction of sp³-hybridized carbons (Fsp3) is 0. The quantitative estimate of drug-likeness (QED) is 0.652. The van der Waals surface area contributed by atoms with Crippen LogP contribution in [-0.2, 0) is 0 Å². The predicted octanol–water partition coefficient (Wildman–Crippen LogP) is 6.09. The number of hydrogen-bond acceptors (Lipinski definition) is 1. The molecular weight excluding hydrogens is 302 g/mol. The van der Waals surface area contributed by atoms with Crippen LogP contribution in [-0.4, -0.2) is 0 Å². The van der Waals surface area contributed by atoms with E-state index in [0.29, 0.717) is 31.6 Å². The van der Waals surface area contributed by atoms with Crippen LogP contribution in [0.25, 0.3) is 0 Å². The summed E-state index contributed by atoms with van der Waals surface area (Å²) in [5.41, 5.74) is 0. The van der Waals surface area contributed by atoms with Crippen LogP contribution in [0.4, 0.5) is 0 Å². The summed E-state index contributed by atoms with van der Waals surface area (Å²) in [7, 11) is 0. The number of ether oxygens (including phenoxy) is 1. The Morgan fingerprint density at radius 2 is 1.53 bits per heavy atom. The Kier molecular flexibility index (Phi) is 4.05. The van der Waals surface area contributed by atoms with E-state index in [-0.39, 0.29) is 0 Å². The lowest BCUT2D eigenvalue weighted by Gasteiger charge is -2.08. The van der Waals surface area contributed by atoms with Crippen molar-refractivity contribution in [3.05, 3.63) is 56.5 Å². The van der Waals surface area contributed by atoms with E-state index >= 15 is 0 Å². The number of benzene rings is 2. The minimum atomic E-state index is 0.361. The molecule has 0 unspecified atom stereocenters. The van der Waals surface area contributed by atoms with E-state index in [1.165, 1.54) is 0 Å². The van der Waals surface area contributed by atoms with Crippen LogP contribution in [0.3, 0.4) is 0 Å². The molecule has 0 amide bonds. The normalized spacial score (nSPS) is 10.4. The highest BCUT2D eigenvalue weighted by Gasteiger charge is 2.07. The topological polar surface area (TPSA) is 9.23 Å².